The van der Waals surface area contributed by atoms with Crippen molar-refractivity contribution in [3.63, 3.8) is 0 Å². The number of aromatic nitrogens is 2. The summed E-state index contributed by atoms with van der Waals surface area (Å²) in [5.41, 5.74) is 2.07. The molecule has 1 aliphatic heterocycles. The van der Waals surface area contributed by atoms with Gasteiger partial charge < -0.3 is 15.6 Å². The van der Waals surface area contributed by atoms with E-state index in [1.165, 1.54) is 0 Å². The highest BCUT2D eigenvalue weighted by Crippen LogP contribution is 2.22. The lowest BCUT2D eigenvalue weighted by molar-refractivity contribution is 0.376. The molecule has 0 aliphatic carbocycles. The first kappa shape index (κ1) is 13.1. The Morgan fingerprint density at radius 3 is 2.94 bits per heavy atom. The average Bonchev–Trinajstić information content (AvgIpc) is 2.36. The van der Waals surface area contributed by atoms with Gasteiger partial charge in [0.05, 0.1) is 0 Å². The second-order valence-corrected chi connectivity index (χ2v) is 5.65. The van der Waals surface area contributed by atoms with Crippen LogP contribution in [-0.2, 0) is 13.0 Å². The predicted molar refractivity (Wildman–Crippen MR) is 72.8 cm³/mol. The van der Waals surface area contributed by atoms with Crippen molar-refractivity contribution < 1.29 is 0 Å². The summed E-state index contributed by atoms with van der Waals surface area (Å²) in [6, 6.07) is 0. The number of nitrogens with one attached hydrogen (secondary N) is 3. The van der Waals surface area contributed by atoms with Crippen LogP contribution in [0.15, 0.2) is 4.79 Å². The standard InChI is InChI=1S/C13H22N4O/c1-4-13(2,3)8-15-11-9-7-14-6-5-10(9)16-12(18)17-11/h14H,4-8H2,1-3H3,(H2,15,16,17,18). The molecule has 18 heavy (non-hydrogen) atoms. The largest absolute Gasteiger partial charge is 0.369 e. The number of hydrogen-bond acceptors (Lipinski definition) is 4. The van der Waals surface area contributed by atoms with Gasteiger partial charge in [-0.05, 0) is 11.8 Å². The number of rotatable bonds is 4. The third-order valence-corrected chi connectivity index (χ3v) is 3.67. The van der Waals surface area contributed by atoms with E-state index in [9.17, 15) is 4.79 Å². The molecule has 5 heteroatoms. The van der Waals surface area contributed by atoms with Crippen LogP contribution in [0, 0.1) is 5.41 Å². The molecule has 0 bridgehead atoms. The van der Waals surface area contributed by atoms with Gasteiger partial charge in [0.1, 0.15) is 5.82 Å². The van der Waals surface area contributed by atoms with Crippen molar-refractivity contribution >= 4 is 5.82 Å². The molecule has 1 aromatic rings. The number of nitrogens with zero attached hydrogens (tertiary/aromatic N) is 1. The van der Waals surface area contributed by atoms with Crippen LogP contribution >= 0.6 is 0 Å². The molecule has 100 valence electrons. The molecule has 0 spiro atoms. The number of H-pyrrole nitrogens is 1. The normalized spacial score (nSPS) is 15.3. The minimum atomic E-state index is -0.257. The summed E-state index contributed by atoms with van der Waals surface area (Å²) in [5.74, 6) is 0.738. The first-order valence-corrected chi connectivity index (χ1v) is 6.58. The summed E-state index contributed by atoms with van der Waals surface area (Å²) in [4.78, 5) is 18.4. The molecule has 2 heterocycles. The lowest BCUT2D eigenvalue weighted by Gasteiger charge is -2.25. The Kier molecular flexibility index (Phi) is 3.71. The molecule has 0 saturated carbocycles. The summed E-state index contributed by atoms with van der Waals surface area (Å²) < 4.78 is 0. The molecule has 0 atom stereocenters. The Labute approximate surface area is 107 Å². The fourth-order valence-electron chi connectivity index (χ4n) is 1.97. The minimum absolute atomic E-state index is 0.208. The lowest BCUT2D eigenvalue weighted by Crippen LogP contribution is -2.31. The van der Waals surface area contributed by atoms with Crippen molar-refractivity contribution in [2.24, 2.45) is 5.41 Å². The summed E-state index contributed by atoms with van der Waals surface area (Å²) in [7, 11) is 0. The Morgan fingerprint density at radius 1 is 1.44 bits per heavy atom. The van der Waals surface area contributed by atoms with Crippen LogP contribution in [0.2, 0.25) is 0 Å². The van der Waals surface area contributed by atoms with Crippen molar-refractivity contribution in [1.82, 2.24) is 15.3 Å². The van der Waals surface area contributed by atoms with Crippen molar-refractivity contribution in [3.05, 3.63) is 21.7 Å². The molecule has 0 fully saturated rings. The first-order valence-electron chi connectivity index (χ1n) is 6.58. The van der Waals surface area contributed by atoms with Crippen LogP contribution in [0.4, 0.5) is 5.82 Å². The van der Waals surface area contributed by atoms with Gasteiger partial charge in [-0.15, -0.1) is 0 Å². The molecule has 0 saturated heterocycles. The number of hydrogen-bond donors (Lipinski definition) is 3. The van der Waals surface area contributed by atoms with E-state index in [0.717, 1.165) is 49.6 Å². The Morgan fingerprint density at radius 2 is 2.22 bits per heavy atom. The highest BCUT2D eigenvalue weighted by atomic mass is 16.1. The van der Waals surface area contributed by atoms with Gasteiger partial charge in [-0.1, -0.05) is 20.8 Å². The van der Waals surface area contributed by atoms with Crippen molar-refractivity contribution in [3.8, 4) is 0 Å². The second-order valence-electron chi connectivity index (χ2n) is 5.65. The molecule has 2 rings (SSSR count). The monoisotopic (exact) mass is 250 g/mol. The number of fused-ring (bicyclic) bond motifs is 1. The molecular weight excluding hydrogens is 228 g/mol. The van der Waals surface area contributed by atoms with E-state index < -0.39 is 0 Å². The molecule has 5 nitrogen and oxygen atoms in total. The van der Waals surface area contributed by atoms with Crippen molar-refractivity contribution in [2.75, 3.05) is 18.4 Å². The summed E-state index contributed by atoms with van der Waals surface area (Å²) in [5, 5.41) is 6.64. The maximum absolute atomic E-state index is 11.5. The number of anilines is 1. The lowest BCUT2D eigenvalue weighted by atomic mass is 9.90. The van der Waals surface area contributed by atoms with E-state index in [2.05, 4.69) is 41.4 Å². The van der Waals surface area contributed by atoms with Crippen LogP contribution < -0.4 is 16.3 Å². The molecule has 0 unspecified atom stereocenters. The quantitative estimate of drug-likeness (QED) is 0.752. The van der Waals surface area contributed by atoms with Gasteiger partial charge >= 0.3 is 5.69 Å². The van der Waals surface area contributed by atoms with Crippen LogP contribution in [0.5, 0.6) is 0 Å². The van der Waals surface area contributed by atoms with E-state index in [1.807, 2.05) is 0 Å². The van der Waals surface area contributed by atoms with E-state index in [1.54, 1.807) is 0 Å². The van der Waals surface area contributed by atoms with Gasteiger partial charge in [0.25, 0.3) is 0 Å². The fraction of sp³-hybridized carbons (Fsp3) is 0.692. The van der Waals surface area contributed by atoms with E-state index in [0.29, 0.717) is 0 Å². The SMILES string of the molecule is CCC(C)(C)CNc1nc(=O)[nH]c2c1CNCC2. The fourth-order valence-corrected chi connectivity index (χ4v) is 1.97. The van der Waals surface area contributed by atoms with Crippen molar-refractivity contribution in [2.45, 2.75) is 40.2 Å². The second kappa shape index (κ2) is 5.10. The van der Waals surface area contributed by atoms with Gasteiger partial charge in [0.15, 0.2) is 0 Å². The number of aromatic amines is 1. The van der Waals surface area contributed by atoms with Crippen LogP contribution in [0.3, 0.4) is 0 Å². The van der Waals surface area contributed by atoms with E-state index >= 15 is 0 Å². The summed E-state index contributed by atoms with van der Waals surface area (Å²) in [6.07, 6.45) is 1.95. The molecule has 3 N–H and O–H groups in total. The molecule has 0 radical (unpaired) electrons. The molecule has 1 aromatic heterocycles. The van der Waals surface area contributed by atoms with Gasteiger partial charge in [0, 0.05) is 37.3 Å². The highest BCUT2D eigenvalue weighted by Gasteiger charge is 2.19. The van der Waals surface area contributed by atoms with Gasteiger partial charge in [0.2, 0.25) is 0 Å². The topological polar surface area (TPSA) is 69.8 Å². The van der Waals surface area contributed by atoms with E-state index in [4.69, 9.17) is 0 Å². The van der Waals surface area contributed by atoms with Gasteiger partial charge in [-0.25, -0.2) is 4.79 Å². The van der Waals surface area contributed by atoms with Crippen LogP contribution in [-0.4, -0.2) is 23.1 Å². The zero-order valence-corrected chi connectivity index (χ0v) is 11.4. The zero-order chi connectivity index (χ0) is 13.2. The Balaban J connectivity index is 2.22. The van der Waals surface area contributed by atoms with Crippen LogP contribution in [0.1, 0.15) is 38.4 Å². The first-order chi connectivity index (χ1) is 8.52. The average molecular weight is 250 g/mol. The smallest absolute Gasteiger partial charge is 0.347 e. The van der Waals surface area contributed by atoms with Gasteiger partial charge in [-0.3, -0.25) is 0 Å². The van der Waals surface area contributed by atoms with E-state index in [-0.39, 0.29) is 11.1 Å². The molecule has 0 aromatic carbocycles. The summed E-state index contributed by atoms with van der Waals surface area (Å²) >= 11 is 0. The summed E-state index contributed by atoms with van der Waals surface area (Å²) in [6.45, 7) is 9.09. The third-order valence-electron chi connectivity index (χ3n) is 3.67. The van der Waals surface area contributed by atoms with Crippen LogP contribution in [0.25, 0.3) is 0 Å². The molecule has 1 aliphatic rings. The Bertz CT molecular complexity index is 478. The predicted octanol–water partition coefficient (Wildman–Crippen LogP) is 1.26. The highest BCUT2D eigenvalue weighted by molar-refractivity contribution is 5.47. The molecule has 0 amide bonds. The Hall–Kier alpha value is -1.36. The third kappa shape index (κ3) is 2.90. The maximum Gasteiger partial charge on any atom is 0.347 e. The zero-order valence-electron chi connectivity index (χ0n) is 11.4. The maximum atomic E-state index is 11.5. The van der Waals surface area contributed by atoms with Gasteiger partial charge in [-0.2, -0.15) is 4.98 Å². The van der Waals surface area contributed by atoms with Crippen molar-refractivity contribution in [1.29, 1.82) is 0 Å². The molecular formula is C13H22N4O. The minimum Gasteiger partial charge on any atom is -0.369 e.